The Morgan fingerprint density at radius 2 is 1.20 bits per heavy atom. The van der Waals surface area contributed by atoms with Gasteiger partial charge in [-0.25, -0.2) is 4.98 Å². The van der Waals surface area contributed by atoms with E-state index in [9.17, 15) is 0 Å². The number of aromatic nitrogens is 6. The van der Waals surface area contributed by atoms with Crippen LogP contribution in [0.2, 0.25) is 0 Å². The summed E-state index contributed by atoms with van der Waals surface area (Å²) in [6, 6.07) is 33.4. The van der Waals surface area contributed by atoms with Crippen molar-refractivity contribution in [2.45, 2.75) is 0 Å². The molecule has 0 saturated carbocycles. The van der Waals surface area contributed by atoms with Crippen molar-refractivity contribution in [1.82, 2.24) is 29.5 Å². The van der Waals surface area contributed by atoms with E-state index in [0.29, 0.717) is 17.6 Å². The molecule has 8 aromatic rings. The monoisotopic (exact) mass is 532 g/mol. The number of rotatable bonds is 4. The largest absolute Gasteiger partial charge is 0.278 e. The maximum absolute atomic E-state index is 5.01. The Kier molecular flexibility index (Phi) is 5.21. The lowest BCUT2D eigenvalue weighted by atomic mass is 10.1. The molecule has 0 aliphatic heterocycles. The second-order valence-electron chi connectivity index (χ2n) is 9.46. The molecular formula is C33H20N6S. The van der Waals surface area contributed by atoms with Crippen molar-refractivity contribution in [3.63, 3.8) is 0 Å². The quantitative estimate of drug-likeness (QED) is 0.230. The number of fused-ring (bicyclic) bond motifs is 5. The molecule has 40 heavy (non-hydrogen) atoms. The molecule has 0 bridgehead atoms. The maximum Gasteiger partial charge on any atom is 0.238 e. The molecule has 0 amide bonds. The van der Waals surface area contributed by atoms with Gasteiger partial charge in [-0.1, -0.05) is 54.6 Å². The maximum atomic E-state index is 5.01. The van der Waals surface area contributed by atoms with Crippen LogP contribution in [0.5, 0.6) is 0 Å². The highest BCUT2D eigenvalue weighted by atomic mass is 32.1. The number of benzene rings is 3. The van der Waals surface area contributed by atoms with Crippen LogP contribution in [0.15, 0.2) is 122 Å². The molecule has 0 aliphatic rings. The van der Waals surface area contributed by atoms with Crippen LogP contribution in [0, 0.1) is 0 Å². The summed E-state index contributed by atoms with van der Waals surface area (Å²) < 4.78 is 3.41. The van der Waals surface area contributed by atoms with Crippen molar-refractivity contribution < 1.29 is 0 Å². The standard InChI is InChI=1S/C33H20N6S/c1-2-6-21(7-3-1)28-20-24-10-11-27-29(30(24)40-28)25-8-4-5-9-26(25)39(27)33-37-31(22-12-16-34-17-13-22)36-32(38-33)23-14-18-35-19-15-23/h1-20H. The zero-order chi connectivity index (χ0) is 26.5. The molecule has 0 unspecified atom stereocenters. The van der Waals surface area contributed by atoms with Crippen LogP contribution in [0.3, 0.4) is 0 Å². The summed E-state index contributed by atoms with van der Waals surface area (Å²) >= 11 is 1.82. The van der Waals surface area contributed by atoms with E-state index < -0.39 is 0 Å². The van der Waals surface area contributed by atoms with Crippen molar-refractivity contribution in [1.29, 1.82) is 0 Å². The van der Waals surface area contributed by atoms with Crippen LogP contribution in [-0.2, 0) is 0 Å². The summed E-state index contributed by atoms with van der Waals surface area (Å²) in [7, 11) is 0. The van der Waals surface area contributed by atoms with E-state index in [2.05, 4.69) is 87.3 Å². The van der Waals surface area contributed by atoms with Gasteiger partial charge >= 0.3 is 0 Å². The highest BCUT2D eigenvalue weighted by Gasteiger charge is 2.20. The normalized spacial score (nSPS) is 11.5. The van der Waals surface area contributed by atoms with Gasteiger partial charge in [0.15, 0.2) is 11.6 Å². The van der Waals surface area contributed by atoms with Crippen LogP contribution in [-0.4, -0.2) is 29.5 Å². The molecule has 7 heteroatoms. The summed E-state index contributed by atoms with van der Waals surface area (Å²) in [5.74, 6) is 1.75. The predicted octanol–water partition coefficient (Wildman–Crippen LogP) is 7.97. The highest BCUT2D eigenvalue weighted by molar-refractivity contribution is 7.23. The smallest absolute Gasteiger partial charge is 0.238 e. The Balaban J connectivity index is 1.43. The number of thiophene rings is 1. The minimum Gasteiger partial charge on any atom is -0.278 e. The van der Waals surface area contributed by atoms with Crippen molar-refractivity contribution in [2.24, 2.45) is 0 Å². The van der Waals surface area contributed by atoms with E-state index in [0.717, 1.165) is 22.2 Å². The molecule has 0 spiro atoms. The average molecular weight is 533 g/mol. The van der Waals surface area contributed by atoms with E-state index in [1.165, 1.54) is 31.3 Å². The van der Waals surface area contributed by atoms with Gasteiger partial charge in [0, 0.05) is 56.3 Å². The summed E-state index contributed by atoms with van der Waals surface area (Å²) in [6.45, 7) is 0. The molecule has 3 aromatic carbocycles. The van der Waals surface area contributed by atoms with Crippen LogP contribution in [0.4, 0.5) is 0 Å². The van der Waals surface area contributed by atoms with Gasteiger partial charge in [-0.2, -0.15) is 9.97 Å². The summed E-state index contributed by atoms with van der Waals surface area (Å²) in [6.07, 6.45) is 7.01. The van der Waals surface area contributed by atoms with E-state index in [-0.39, 0.29) is 0 Å². The first-order valence-electron chi connectivity index (χ1n) is 12.9. The molecule has 0 saturated heterocycles. The SMILES string of the molecule is c1ccc(-c2cc3ccc4c(c5ccccc5n4-c4nc(-c5ccncc5)nc(-c5ccncc5)n4)c3s2)cc1. The van der Waals surface area contributed by atoms with Crippen molar-refractivity contribution in [2.75, 3.05) is 0 Å². The Morgan fingerprint density at radius 1 is 0.550 bits per heavy atom. The zero-order valence-corrected chi connectivity index (χ0v) is 22.0. The van der Waals surface area contributed by atoms with E-state index in [4.69, 9.17) is 15.0 Å². The van der Waals surface area contributed by atoms with Gasteiger partial charge in [-0.15, -0.1) is 11.3 Å². The van der Waals surface area contributed by atoms with Gasteiger partial charge in [0.2, 0.25) is 5.95 Å². The van der Waals surface area contributed by atoms with Crippen LogP contribution in [0.25, 0.3) is 71.1 Å². The topological polar surface area (TPSA) is 69.4 Å². The molecule has 188 valence electrons. The molecule has 5 heterocycles. The molecule has 6 nitrogen and oxygen atoms in total. The van der Waals surface area contributed by atoms with Crippen LogP contribution < -0.4 is 0 Å². The van der Waals surface area contributed by atoms with Crippen molar-refractivity contribution in [3.8, 4) is 39.2 Å². The fourth-order valence-corrected chi connectivity index (χ4v) is 6.46. The molecule has 0 radical (unpaired) electrons. The summed E-state index contributed by atoms with van der Waals surface area (Å²) in [5, 5.41) is 3.60. The Bertz CT molecular complexity index is 2090. The second kappa shape index (κ2) is 9.18. The minimum atomic E-state index is 0.569. The molecule has 8 rings (SSSR count). The predicted molar refractivity (Wildman–Crippen MR) is 161 cm³/mol. The van der Waals surface area contributed by atoms with Crippen molar-refractivity contribution >= 4 is 43.2 Å². The molecule has 5 aromatic heterocycles. The number of hydrogen-bond acceptors (Lipinski definition) is 6. The minimum absolute atomic E-state index is 0.569. The number of hydrogen-bond donors (Lipinski definition) is 0. The number of pyridine rings is 2. The molecule has 0 fully saturated rings. The third kappa shape index (κ3) is 3.67. The average Bonchev–Trinajstić information content (AvgIpc) is 3.62. The molecule has 0 atom stereocenters. The van der Waals surface area contributed by atoms with Gasteiger partial charge in [-0.3, -0.25) is 14.5 Å². The number of para-hydroxylation sites is 1. The second-order valence-corrected chi connectivity index (χ2v) is 10.5. The lowest BCUT2D eigenvalue weighted by Gasteiger charge is -2.10. The van der Waals surface area contributed by atoms with Gasteiger partial charge in [0.25, 0.3) is 0 Å². The Morgan fingerprint density at radius 3 is 1.90 bits per heavy atom. The van der Waals surface area contributed by atoms with Crippen molar-refractivity contribution in [3.05, 3.63) is 122 Å². The first-order chi connectivity index (χ1) is 19.8. The van der Waals surface area contributed by atoms with E-state index >= 15 is 0 Å². The number of nitrogens with zero attached hydrogens (tertiary/aromatic N) is 6. The molecule has 0 aliphatic carbocycles. The van der Waals surface area contributed by atoms with Gasteiger partial charge < -0.3 is 0 Å². The van der Waals surface area contributed by atoms with Gasteiger partial charge in [-0.05, 0) is 53.4 Å². The van der Waals surface area contributed by atoms with Crippen LogP contribution >= 0.6 is 11.3 Å². The third-order valence-corrected chi connectivity index (χ3v) is 8.30. The Labute approximate surface area is 233 Å². The van der Waals surface area contributed by atoms with Gasteiger partial charge in [0.05, 0.1) is 11.0 Å². The fraction of sp³-hybridized carbons (Fsp3) is 0. The first-order valence-corrected chi connectivity index (χ1v) is 13.7. The van der Waals surface area contributed by atoms with Gasteiger partial charge in [0.1, 0.15) is 0 Å². The lowest BCUT2D eigenvalue weighted by molar-refractivity contribution is 0.952. The summed E-state index contributed by atoms with van der Waals surface area (Å²) in [4.78, 5) is 24.5. The summed E-state index contributed by atoms with van der Waals surface area (Å²) in [5.41, 5.74) is 5.09. The van der Waals surface area contributed by atoms with E-state index in [1.54, 1.807) is 24.8 Å². The highest BCUT2D eigenvalue weighted by Crippen LogP contribution is 2.42. The third-order valence-electron chi connectivity index (χ3n) is 7.08. The first kappa shape index (κ1) is 22.7. The molecule has 0 N–H and O–H groups in total. The Hall–Kier alpha value is -5.27. The molecular weight excluding hydrogens is 512 g/mol. The fourth-order valence-electron chi connectivity index (χ4n) is 5.23. The van der Waals surface area contributed by atoms with Crippen LogP contribution in [0.1, 0.15) is 0 Å². The van der Waals surface area contributed by atoms with E-state index in [1.807, 2.05) is 35.6 Å². The lowest BCUT2D eigenvalue weighted by Crippen LogP contribution is -2.06. The zero-order valence-electron chi connectivity index (χ0n) is 21.1.